The van der Waals surface area contributed by atoms with Gasteiger partial charge in [-0.25, -0.2) is 4.39 Å². The maximum atomic E-state index is 14.3. The molecule has 0 bridgehead atoms. The fourth-order valence-corrected chi connectivity index (χ4v) is 3.77. The molecule has 0 fully saturated rings. The molecule has 0 aliphatic carbocycles. The Morgan fingerprint density at radius 1 is 0.640 bits per heavy atom. The van der Waals surface area contributed by atoms with Crippen LogP contribution in [0, 0.1) is 5.82 Å². The van der Waals surface area contributed by atoms with Crippen LogP contribution in [0.1, 0.15) is 22.6 Å². The molecule has 1 unspecified atom stereocenters. The van der Waals surface area contributed by atoms with Gasteiger partial charge in [0.15, 0.2) is 0 Å². The molecule has 0 heterocycles. The third-order valence-electron chi connectivity index (χ3n) is 4.30. The average molecular weight is 394 g/mol. The lowest BCUT2D eigenvalue weighted by atomic mass is 9.86. The summed E-state index contributed by atoms with van der Waals surface area (Å²) in [6.07, 6.45) is 1.07. The first kappa shape index (κ1) is 18.3. The fraction of sp³-hybridized carbons (Fsp3) is 0.143. The SMILES string of the molecule is Fc1cccc(Cl)c1CC(Cc1c(Cl)cccc1Cl)c1ccccc1. The van der Waals surface area contributed by atoms with E-state index >= 15 is 0 Å². The molecule has 0 aromatic heterocycles. The van der Waals surface area contributed by atoms with Crippen molar-refractivity contribution in [3.63, 3.8) is 0 Å². The van der Waals surface area contributed by atoms with Crippen LogP contribution in [0.5, 0.6) is 0 Å². The standard InChI is InChI=1S/C21H16Cl3F/c22-18-8-4-9-19(23)16(18)12-15(14-6-2-1-3-7-14)13-17-20(24)10-5-11-21(17)25/h1-11,15H,12-13H2. The zero-order chi connectivity index (χ0) is 17.8. The first-order valence-corrected chi connectivity index (χ1v) is 9.10. The number of hydrogen-bond acceptors (Lipinski definition) is 0. The minimum Gasteiger partial charge on any atom is -0.207 e. The van der Waals surface area contributed by atoms with Crippen LogP contribution >= 0.6 is 34.8 Å². The Hall–Kier alpha value is -1.54. The first-order valence-electron chi connectivity index (χ1n) is 7.97. The van der Waals surface area contributed by atoms with Crippen molar-refractivity contribution in [1.29, 1.82) is 0 Å². The normalized spacial score (nSPS) is 12.2. The Kier molecular flexibility index (Phi) is 6.01. The fourth-order valence-electron chi connectivity index (χ4n) is 2.98. The van der Waals surface area contributed by atoms with E-state index in [1.165, 1.54) is 6.07 Å². The summed E-state index contributed by atoms with van der Waals surface area (Å²) in [5, 5.41) is 1.67. The van der Waals surface area contributed by atoms with E-state index in [4.69, 9.17) is 34.8 Å². The van der Waals surface area contributed by atoms with E-state index < -0.39 is 0 Å². The van der Waals surface area contributed by atoms with Gasteiger partial charge < -0.3 is 0 Å². The van der Waals surface area contributed by atoms with Crippen LogP contribution in [0.2, 0.25) is 15.1 Å². The van der Waals surface area contributed by atoms with Gasteiger partial charge in [0.1, 0.15) is 5.82 Å². The second kappa shape index (κ2) is 8.23. The van der Waals surface area contributed by atoms with Crippen LogP contribution in [-0.2, 0) is 12.8 Å². The van der Waals surface area contributed by atoms with Gasteiger partial charge in [0.25, 0.3) is 0 Å². The Morgan fingerprint density at radius 3 is 1.76 bits per heavy atom. The second-order valence-electron chi connectivity index (χ2n) is 5.92. The van der Waals surface area contributed by atoms with Gasteiger partial charge in [-0.15, -0.1) is 0 Å². The van der Waals surface area contributed by atoms with Gasteiger partial charge in [-0.2, -0.15) is 0 Å². The predicted molar refractivity (Wildman–Crippen MR) is 104 cm³/mol. The van der Waals surface area contributed by atoms with Crippen molar-refractivity contribution in [3.8, 4) is 0 Å². The minimum atomic E-state index is -0.293. The van der Waals surface area contributed by atoms with Crippen molar-refractivity contribution < 1.29 is 4.39 Å². The predicted octanol–water partition coefficient (Wildman–Crippen LogP) is 7.35. The van der Waals surface area contributed by atoms with Crippen molar-refractivity contribution in [3.05, 3.63) is 104 Å². The topological polar surface area (TPSA) is 0 Å². The lowest BCUT2D eigenvalue weighted by Crippen LogP contribution is -2.09. The van der Waals surface area contributed by atoms with E-state index in [2.05, 4.69) is 0 Å². The summed E-state index contributed by atoms with van der Waals surface area (Å²) in [7, 11) is 0. The van der Waals surface area contributed by atoms with Gasteiger partial charge in [-0.3, -0.25) is 0 Å². The largest absolute Gasteiger partial charge is 0.207 e. The highest BCUT2D eigenvalue weighted by atomic mass is 35.5. The second-order valence-corrected chi connectivity index (χ2v) is 7.14. The summed E-state index contributed by atoms with van der Waals surface area (Å²) in [4.78, 5) is 0. The van der Waals surface area contributed by atoms with Crippen LogP contribution < -0.4 is 0 Å². The molecule has 0 amide bonds. The van der Waals surface area contributed by atoms with Crippen molar-refractivity contribution in [2.45, 2.75) is 18.8 Å². The van der Waals surface area contributed by atoms with Crippen molar-refractivity contribution in [1.82, 2.24) is 0 Å². The molecule has 0 N–H and O–H groups in total. The van der Waals surface area contributed by atoms with Gasteiger partial charge >= 0.3 is 0 Å². The number of benzene rings is 3. The molecule has 3 aromatic rings. The van der Waals surface area contributed by atoms with Crippen molar-refractivity contribution in [2.24, 2.45) is 0 Å². The van der Waals surface area contributed by atoms with Gasteiger partial charge in [-0.05, 0) is 54.2 Å². The van der Waals surface area contributed by atoms with E-state index in [1.807, 2.05) is 48.5 Å². The Bertz CT molecular complexity index is 768. The molecule has 0 saturated carbocycles. The lowest BCUT2D eigenvalue weighted by molar-refractivity contribution is 0.587. The first-order chi connectivity index (χ1) is 12.1. The van der Waals surface area contributed by atoms with Gasteiger partial charge in [0.2, 0.25) is 0 Å². The summed E-state index contributed by atoms with van der Waals surface area (Å²) < 4.78 is 14.3. The Morgan fingerprint density at radius 2 is 1.16 bits per heavy atom. The van der Waals surface area contributed by atoms with E-state index in [-0.39, 0.29) is 11.7 Å². The summed E-state index contributed by atoms with van der Waals surface area (Å²) in [5.74, 6) is -0.285. The third kappa shape index (κ3) is 4.36. The number of halogens is 4. The van der Waals surface area contributed by atoms with Crippen molar-refractivity contribution in [2.75, 3.05) is 0 Å². The molecule has 3 aromatic carbocycles. The van der Waals surface area contributed by atoms with Crippen molar-refractivity contribution >= 4 is 34.8 Å². The Balaban J connectivity index is 1.99. The molecule has 0 aliphatic heterocycles. The molecular weight excluding hydrogens is 378 g/mol. The highest BCUT2D eigenvalue weighted by Crippen LogP contribution is 2.34. The van der Waals surface area contributed by atoms with Crippen LogP contribution in [0.3, 0.4) is 0 Å². The van der Waals surface area contributed by atoms with Crippen LogP contribution in [-0.4, -0.2) is 0 Å². The molecule has 0 radical (unpaired) electrons. The van der Waals surface area contributed by atoms with E-state index in [9.17, 15) is 4.39 Å². The molecule has 128 valence electrons. The number of hydrogen-bond donors (Lipinski definition) is 0. The monoisotopic (exact) mass is 392 g/mol. The molecule has 3 rings (SSSR count). The maximum absolute atomic E-state index is 14.3. The van der Waals surface area contributed by atoms with E-state index in [0.717, 1.165) is 11.1 Å². The van der Waals surface area contributed by atoms with Gasteiger partial charge in [0.05, 0.1) is 0 Å². The quantitative estimate of drug-likeness (QED) is 0.425. The average Bonchev–Trinajstić information content (AvgIpc) is 2.60. The molecule has 4 heteroatoms. The molecule has 25 heavy (non-hydrogen) atoms. The highest BCUT2D eigenvalue weighted by Gasteiger charge is 2.20. The summed E-state index contributed by atoms with van der Waals surface area (Å²) >= 11 is 18.9. The molecule has 0 saturated heterocycles. The van der Waals surface area contributed by atoms with Crippen LogP contribution in [0.15, 0.2) is 66.7 Å². The van der Waals surface area contributed by atoms with E-state index in [0.29, 0.717) is 33.5 Å². The minimum absolute atomic E-state index is 0.00741. The maximum Gasteiger partial charge on any atom is 0.127 e. The van der Waals surface area contributed by atoms with Crippen LogP contribution in [0.4, 0.5) is 4.39 Å². The summed E-state index contributed by atoms with van der Waals surface area (Å²) in [6.45, 7) is 0. The molecule has 0 nitrogen and oxygen atoms in total. The van der Waals surface area contributed by atoms with Crippen LogP contribution in [0.25, 0.3) is 0 Å². The Labute approximate surface area is 162 Å². The summed E-state index contributed by atoms with van der Waals surface area (Å²) in [5.41, 5.74) is 2.48. The highest BCUT2D eigenvalue weighted by molar-refractivity contribution is 6.36. The van der Waals surface area contributed by atoms with Gasteiger partial charge in [0, 0.05) is 20.6 Å². The molecule has 0 aliphatic rings. The smallest absolute Gasteiger partial charge is 0.127 e. The van der Waals surface area contributed by atoms with Gasteiger partial charge in [-0.1, -0.05) is 77.3 Å². The zero-order valence-corrected chi connectivity index (χ0v) is 15.6. The summed E-state index contributed by atoms with van der Waals surface area (Å²) in [6, 6.07) is 20.2. The molecular formula is C21H16Cl3F. The molecule has 0 spiro atoms. The number of rotatable bonds is 5. The molecule has 1 atom stereocenters. The third-order valence-corrected chi connectivity index (χ3v) is 5.36. The lowest BCUT2D eigenvalue weighted by Gasteiger charge is -2.20. The zero-order valence-electron chi connectivity index (χ0n) is 13.4. The van der Waals surface area contributed by atoms with E-state index in [1.54, 1.807) is 12.1 Å².